The van der Waals surface area contributed by atoms with Crippen LogP contribution in [0.15, 0.2) is 22.7 Å². The summed E-state index contributed by atoms with van der Waals surface area (Å²) >= 11 is 8.98. The van der Waals surface area contributed by atoms with Crippen LogP contribution in [0.1, 0.15) is 29.6 Å². The lowest BCUT2D eigenvalue weighted by Crippen LogP contribution is -2.40. The number of hydrogen-bond acceptors (Lipinski definition) is 1. The van der Waals surface area contributed by atoms with Crippen LogP contribution < -0.4 is 0 Å². The lowest BCUT2D eigenvalue weighted by atomic mass is 9.95. The van der Waals surface area contributed by atoms with Crippen LogP contribution in [0.3, 0.4) is 0 Å². The van der Waals surface area contributed by atoms with Crippen molar-refractivity contribution in [2.45, 2.75) is 19.3 Å². The first-order valence-corrected chi connectivity index (χ1v) is 7.74. The minimum atomic E-state index is -0.396. The Balaban J connectivity index is 2.10. The summed E-state index contributed by atoms with van der Waals surface area (Å²) < 4.78 is 13.9. The molecule has 1 heterocycles. The predicted molar refractivity (Wildman–Crippen MR) is 78.1 cm³/mol. The molecule has 1 amide bonds. The third-order valence-corrected chi connectivity index (χ3v) is 4.11. The second kappa shape index (κ2) is 6.71. The highest BCUT2D eigenvalue weighted by Crippen LogP contribution is 2.23. The van der Waals surface area contributed by atoms with Crippen LogP contribution in [0, 0.1) is 11.7 Å². The van der Waals surface area contributed by atoms with Crippen molar-refractivity contribution in [3.05, 3.63) is 34.1 Å². The molecule has 0 N–H and O–H groups in total. The molecule has 19 heavy (non-hydrogen) atoms. The number of carbonyl (C=O) groups excluding carboxylic acids is 1. The number of carbonyl (C=O) groups is 1. The number of piperidine rings is 1. The second-order valence-corrected chi connectivity index (χ2v) is 6.19. The highest BCUT2D eigenvalue weighted by atomic mass is 79.9. The van der Waals surface area contributed by atoms with Crippen LogP contribution in [-0.4, -0.2) is 29.8 Å². The van der Waals surface area contributed by atoms with Gasteiger partial charge in [-0.15, -0.1) is 11.6 Å². The summed E-state index contributed by atoms with van der Waals surface area (Å²) in [5.74, 6) is 0.594. The molecule has 0 saturated carbocycles. The molecule has 0 aromatic heterocycles. The van der Waals surface area contributed by atoms with Crippen molar-refractivity contribution < 1.29 is 9.18 Å². The Labute approximate surface area is 126 Å². The lowest BCUT2D eigenvalue weighted by molar-refractivity contribution is 0.0671. The van der Waals surface area contributed by atoms with E-state index in [-0.39, 0.29) is 5.91 Å². The predicted octanol–water partition coefficient (Wildman–Crippen LogP) is 4.07. The van der Waals surface area contributed by atoms with Gasteiger partial charge in [-0.3, -0.25) is 4.79 Å². The minimum absolute atomic E-state index is 0.0977. The van der Waals surface area contributed by atoms with Gasteiger partial charge in [0.05, 0.1) is 0 Å². The highest BCUT2D eigenvalue weighted by Gasteiger charge is 2.24. The summed E-state index contributed by atoms with van der Waals surface area (Å²) in [6.45, 7) is 1.46. The number of alkyl halides is 1. The second-order valence-electron chi connectivity index (χ2n) is 4.90. The standard InChI is InChI=1S/C14H16BrClFNO/c15-12-6-11(7-13(17)8-12)14(19)18-5-1-2-10(9-18)3-4-16/h6-8,10H,1-5,9H2. The molecule has 5 heteroatoms. The first kappa shape index (κ1) is 14.8. The molecule has 104 valence electrons. The molecule has 0 spiro atoms. The van der Waals surface area contributed by atoms with E-state index in [2.05, 4.69) is 15.9 Å². The van der Waals surface area contributed by atoms with E-state index in [1.807, 2.05) is 4.90 Å². The van der Waals surface area contributed by atoms with Gasteiger partial charge in [-0.05, 0) is 43.4 Å². The topological polar surface area (TPSA) is 20.3 Å². The summed E-state index contributed by atoms with van der Waals surface area (Å²) in [5.41, 5.74) is 0.401. The summed E-state index contributed by atoms with van der Waals surface area (Å²) in [4.78, 5) is 14.2. The number of hydrogen-bond donors (Lipinski definition) is 0. The Morgan fingerprint density at radius 2 is 2.26 bits per heavy atom. The van der Waals surface area contributed by atoms with Gasteiger partial charge < -0.3 is 4.90 Å². The fourth-order valence-corrected chi connectivity index (χ4v) is 3.27. The molecule has 2 nitrogen and oxygen atoms in total. The number of rotatable bonds is 3. The normalized spacial score (nSPS) is 19.5. The fraction of sp³-hybridized carbons (Fsp3) is 0.500. The minimum Gasteiger partial charge on any atom is -0.338 e. The first-order valence-electron chi connectivity index (χ1n) is 6.41. The van der Waals surface area contributed by atoms with Crippen molar-refractivity contribution in [2.24, 2.45) is 5.92 Å². The molecule has 1 aromatic rings. The van der Waals surface area contributed by atoms with Crippen LogP contribution in [-0.2, 0) is 0 Å². The van der Waals surface area contributed by atoms with Crippen molar-refractivity contribution in [3.8, 4) is 0 Å². The average Bonchev–Trinajstić information content (AvgIpc) is 2.37. The monoisotopic (exact) mass is 347 g/mol. The van der Waals surface area contributed by atoms with Gasteiger partial charge in [-0.1, -0.05) is 15.9 Å². The Hall–Kier alpha value is -0.610. The molecule has 1 saturated heterocycles. The van der Waals surface area contributed by atoms with Gasteiger partial charge in [0.25, 0.3) is 5.91 Å². The van der Waals surface area contributed by atoms with Crippen molar-refractivity contribution in [1.82, 2.24) is 4.90 Å². The number of likely N-dealkylation sites (tertiary alicyclic amines) is 1. The number of benzene rings is 1. The smallest absolute Gasteiger partial charge is 0.254 e. The molecule has 0 bridgehead atoms. The van der Waals surface area contributed by atoms with Crippen LogP contribution in [0.5, 0.6) is 0 Å². The average molecular weight is 349 g/mol. The lowest BCUT2D eigenvalue weighted by Gasteiger charge is -2.32. The molecular weight excluding hydrogens is 333 g/mol. The Morgan fingerprint density at radius 3 is 2.95 bits per heavy atom. The van der Waals surface area contributed by atoms with E-state index in [0.717, 1.165) is 32.4 Å². The maximum Gasteiger partial charge on any atom is 0.254 e. The van der Waals surface area contributed by atoms with Gasteiger partial charge in [0.15, 0.2) is 0 Å². The zero-order valence-electron chi connectivity index (χ0n) is 10.5. The SMILES string of the molecule is O=C(c1cc(F)cc(Br)c1)N1CCCC(CCCl)C1. The summed E-state index contributed by atoms with van der Waals surface area (Å²) in [5, 5.41) is 0. The molecule has 1 aromatic carbocycles. The largest absolute Gasteiger partial charge is 0.338 e. The van der Waals surface area contributed by atoms with E-state index >= 15 is 0 Å². The van der Waals surface area contributed by atoms with Crippen molar-refractivity contribution in [2.75, 3.05) is 19.0 Å². The quantitative estimate of drug-likeness (QED) is 0.754. The third-order valence-electron chi connectivity index (χ3n) is 3.43. The van der Waals surface area contributed by atoms with E-state index in [0.29, 0.717) is 21.8 Å². The molecule has 0 aliphatic carbocycles. The molecule has 1 aliphatic rings. The van der Waals surface area contributed by atoms with E-state index < -0.39 is 5.82 Å². The fourth-order valence-electron chi connectivity index (χ4n) is 2.50. The van der Waals surface area contributed by atoms with Gasteiger partial charge in [-0.2, -0.15) is 0 Å². The molecule has 0 radical (unpaired) electrons. The summed E-state index contributed by atoms with van der Waals surface area (Å²) in [7, 11) is 0. The first-order chi connectivity index (χ1) is 9.10. The van der Waals surface area contributed by atoms with Crippen LogP contribution in [0.25, 0.3) is 0 Å². The maximum absolute atomic E-state index is 13.3. The van der Waals surface area contributed by atoms with Gasteiger partial charge in [0.2, 0.25) is 0 Å². The molecule has 1 aliphatic heterocycles. The van der Waals surface area contributed by atoms with Gasteiger partial charge in [0.1, 0.15) is 5.82 Å². The van der Waals surface area contributed by atoms with E-state index in [1.54, 1.807) is 6.07 Å². The molecule has 1 atom stereocenters. The van der Waals surface area contributed by atoms with E-state index in [4.69, 9.17) is 11.6 Å². The van der Waals surface area contributed by atoms with Gasteiger partial charge >= 0.3 is 0 Å². The van der Waals surface area contributed by atoms with Gasteiger partial charge in [0, 0.05) is 29.0 Å². The Kier molecular flexibility index (Phi) is 5.22. The van der Waals surface area contributed by atoms with Crippen molar-refractivity contribution in [1.29, 1.82) is 0 Å². The molecule has 2 rings (SSSR count). The summed E-state index contributed by atoms with van der Waals surface area (Å²) in [6.07, 6.45) is 3.03. The van der Waals surface area contributed by atoms with Gasteiger partial charge in [-0.25, -0.2) is 4.39 Å². The summed E-state index contributed by atoms with van der Waals surface area (Å²) in [6, 6.07) is 4.30. The van der Waals surface area contributed by atoms with Crippen LogP contribution in [0.4, 0.5) is 4.39 Å². The molecular formula is C14H16BrClFNO. The van der Waals surface area contributed by atoms with E-state index in [9.17, 15) is 9.18 Å². The number of halogens is 3. The number of nitrogens with zero attached hydrogens (tertiary/aromatic N) is 1. The Bertz CT molecular complexity index is 447. The van der Waals surface area contributed by atoms with E-state index in [1.165, 1.54) is 12.1 Å². The highest BCUT2D eigenvalue weighted by molar-refractivity contribution is 9.10. The zero-order valence-corrected chi connectivity index (χ0v) is 12.9. The third kappa shape index (κ3) is 3.93. The van der Waals surface area contributed by atoms with Crippen LogP contribution in [0.2, 0.25) is 0 Å². The Morgan fingerprint density at radius 1 is 1.47 bits per heavy atom. The molecule has 1 unspecified atom stereocenters. The molecule has 1 fully saturated rings. The van der Waals surface area contributed by atoms with Crippen molar-refractivity contribution in [3.63, 3.8) is 0 Å². The van der Waals surface area contributed by atoms with Crippen LogP contribution >= 0.6 is 27.5 Å². The van der Waals surface area contributed by atoms with Crippen molar-refractivity contribution >= 4 is 33.4 Å². The number of amides is 1. The zero-order chi connectivity index (χ0) is 13.8. The maximum atomic E-state index is 13.3.